The number of hydrogen-bond acceptors (Lipinski definition) is 6. The quantitative estimate of drug-likeness (QED) is 0.376. The fraction of sp³-hybridized carbons (Fsp3) is 0.214. The molecule has 8 heteroatoms. The van der Waals surface area contributed by atoms with Crippen LogP contribution in [0.1, 0.15) is 10.4 Å². The maximum Gasteiger partial charge on any atom is 0.254 e. The topological polar surface area (TPSA) is 68.0 Å². The first-order valence-electron chi connectivity index (χ1n) is 11.6. The maximum absolute atomic E-state index is 13.5. The van der Waals surface area contributed by atoms with Gasteiger partial charge in [0.2, 0.25) is 5.89 Å². The summed E-state index contributed by atoms with van der Waals surface area (Å²) in [4.78, 5) is 21.9. The van der Waals surface area contributed by atoms with Gasteiger partial charge in [0, 0.05) is 43.5 Å². The smallest absolute Gasteiger partial charge is 0.254 e. The fourth-order valence-corrected chi connectivity index (χ4v) is 4.37. The Labute approximate surface area is 208 Å². The zero-order valence-electron chi connectivity index (χ0n) is 20.1. The van der Waals surface area contributed by atoms with Crippen LogP contribution in [0.15, 0.2) is 77.3 Å². The lowest BCUT2D eigenvalue weighted by Crippen LogP contribution is -2.48. The summed E-state index contributed by atoms with van der Waals surface area (Å²) >= 11 is 0. The first kappa shape index (κ1) is 23.4. The van der Waals surface area contributed by atoms with Gasteiger partial charge in [-0.25, -0.2) is 9.37 Å². The van der Waals surface area contributed by atoms with Crippen molar-refractivity contribution >= 4 is 11.6 Å². The lowest BCUT2D eigenvalue weighted by Gasteiger charge is -2.36. The van der Waals surface area contributed by atoms with E-state index in [1.54, 1.807) is 44.7 Å². The summed E-state index contributed by atoms with van der Waals surface area (Å²) in [5, 5.41) is 0. The van der Waals surface area contributed by atoms with Crippen LogP contribution in [0, 0.1) is 5.82 Å². The Morgan fingerprint density at radius 2 is 1.67 bits per heavy atom. The number of carbonyl (C=O) groups is 1. The third-order valence-electron chi connectivity index (χ3n) is 6.33. The molecule has 7 nitrogen and oxygen atoms in total. The molecule has 1 fully saturated rings. The largest absolute Gasteiger partial charge is 0.497 e. The van der Waals surface area contributed by atoms with Gasteiger partial charge in [0.15, 0.2) is 5.76 Å². The standard InChI is InChI=1S/C28H26FN3O4/c1-34-21-11-12-24(25(17-21)35-2)26-18-30-27(36-26)22-5-3-4-6-23(22)28(33)32-15-13-31(14-16-32)20-9-7-19(29)8-10-20/h3-12,17-18H,13-16H2,1-2H3. The van der Waals surface area contributed by atoms with E-state index in [2.05, 4.69) is 9.88 Å². The maximum atomic E-state index is 13.5. The van der Waals surface area contributed by atoms with Crippen molar-refractivity contribution in [1.29, 1.82) is 0 Å². The number of oxazole rings is 1. The second kappa shape index (κ2) is 10.1. The SMILES string of the molecule is COc1ccc(-c2cnc(-c3ccccc3C(=O)N3CCN(c4ccc(F)cc4)CC3)o2)c(OC)c1. The van der Waals surface area contributed by atoms with E-state index >= 15 is 0 Å². The Kier molecular flexibility index (Phi) is 6.58. The number of aromatic nitrogens is 1. The number of benzene rings is 3. The highest BCUT2D eigenvalue weighted by atomic mass is 19.1. The molecule has 1 aliphatic rings. The minimum atomic E-state index is -0.260. The number of anilines is 1. The number of nitrogens with zero attached hydrogens (tertiary/aromatic N) is 3. The fourth-order valence-electron chi connectivity index (χ4n) is 4.37. The van der Waals surface area contributed by atoms with Crippen molar-refractivity contribution in [3.8, 4) is 34.3 Å². The van der Waals surface area contributed by atoms with Crippen LogP contribution < -0.4 is 14.4 Å². The van der Waals surface area contributed by atoms with Gasteiger partial charge in [-0.3, -0.25) is 4.79 Å². The van der Waals surface area contributed by atoms with Crippen molar-refractivity contribution in [2.75, 3.05) is 45.3 Å². The Morgan fingerprint density at radius 1 is 0.917 bits per heavy atom. The monoisotopic (exact) mass is 487 g/mol. The van der Waals surface area contributed by atoms with E-state index in [0.29, 0.717) is 60.5 Å². The summed E-state index contributed by atoms with van der Waals surface area (Å²) in [5.41, 5.74) is 2.84. The number of amides is 1. The third kappa shape index (κ3) is 4.62. The molecule has 0 spiro atoms. The molecule has 0 atom stereocenters. The molecule has 0 saturated carbocycles. The molecule has 0 bridgehead atoms. The molecule has 1 aliphatic heterocycles. The van der Waals surface area contributed by atoms with E-state index in [4.69, 9.17) is 13.9 Å². The van der Waals surface area contributed by atoms with Gasteiger partial charge >= 0.3 is 0 Å². The van der Waals surface area contributed by atoms with E-state index in [0.717, 1.165) is 11.3 Å². The number of hydrogen-bond donors (Lipinski definition) is 0. The van der Waals surface area contributed by atoms with Gasteiger partial charge in [0.1, 0.15) is 17.3 Å². The molecule has 1 aromatic heterocycles. The zero-order valence-corrected chi connectivity index (χ0v) is 20.1. The van der Waals surface area contributed by atoms with E-state index in [1.165, 1.54) is 12.1 Å². The summed E-state index contributed by atoms with van der Waals surface area (Å²) in [6.07, 6.45) is 1.63. The van der Waals surface area contributed by atoms with Crippen LogP contribution in [0.4, 0.5) is 10.1 Å². The van der Waals surface area contributed by atoms with Gasteiger partial charge in [-0.15, -0.1) is 0 Å². The predicted octanol–water partition coefficient (Wildman–Crippen LogP) is 5.13. The average molecular weight is 488 g/mol. The number of halogens is 1. The highest BCUT2D eigenvalue weighted by Crippen LogP contribution is 2.36. The van der Waals surface area contributed by atoms with Crippen LogP contribution in [0.2, 0.25) is 0 Å². The van der Waals surface area contributed by atoms with Gasteiger partial charge < -0.3 is 23.7 Å². The highest BCUT2D eigenvalue weighted by molar-refractivity contribution is 6.00. The van der Waals surface area contributed by atoms with E-state index in [-0.39, 0.29) is 11.7 Å². The molecule has 0 N–H and O–H groups in total. The van der Waals surface area contributed by atoms with Crippen LogP contribution >= 0.6 is 0 Å². The molecule has 0 radical (unpaired) electrons. The molecule has 1 saturated heterocycles. The summed E-state index contributed by atoms with van der Waals surface area (Å²) in [7, 11) is 3.18. The highest BCUT2D eigenvalue weighted by Gasteiger charge is 2.26. The number of carbonyl (C=O) groups excluding carboxylic acids is 1. The summed E-state index contributed by atoms with van der Waals surface area (Å²) < 4.78 is 30.1. The van der Waals surface area contributed by atoms with E-state index < -0.39 is 0 Å². The first-order chi connectivity index (χ1) is 17.6. The lowest BCUT2D eigenvalue weighted by molar-refractivity contribution is 0.0747. The Balaban J connectivity index is 1.35. The Morgan fingerprint density at radius 3 is 2.39 bits per heavy atom. The van der Waals surface area contributed by atoms with Crippen LogP contribution in [0.5, 0.6) is 11.5 Å². The Bertz CT molecular complexity index is 1360. The molecular weight excluding hydrogens is 461 g/mol. The third-order valence-corrected chi connectivity index (χ3v) is 6.33. The van der Waals surface area contributed by atoms with Crippen LogP contribution in [0.3, 0.4) is 0 Å². The minimum absolute atomic E-state index is 0.0777. The predicted molar refractivity (Wildman–Crippen MR) is 135 cm³/mol. The van der Waals surface area contributed by atoms with E-state index in [9.17, 15) is 9.18 Å². The zero-order chi connectivity index (χ0) is 25.1. The van der Waals surface area contributed by atoms with Crippen molar-refractivity contribution in [3.05, 3.63) is 84.3 Å². The minimum Gasteiger partial charge on any atom is -0.497 e. The molecule has 0 aliphatic carbocycles. The molecule has 0 unspecified atom stereocenters. The number of piperazine rings is 1. The van der Waals surface area contributed by atoms with Gasteiger partial charge in [-0.2, -0.15) is 0 Å². The van der Waals surface area contributed by atoms with Crippen LogP contribution in [-0.4, -0.2) is 56.2 Å². The summed E-state index contributed by atoms with van der Waals surface area (Å²) in [6.45, 7) is 2.45. The van der Waals surface area contributed by atoms with Gasteiger partial charge in [-0.05, 0) is 48.5 Å². The second-order valence-corrected chi connectivity index (χ2v) is 8.40. The van der Waals surface area contributed by atoms with Crippen molar-refractivity contribution in [2.24, 2.45) is 0 Å². The molecule has 2 heterocycles. The summed E-state index contributed by atoms with van der Waals surface area (Å²) in [5.74, 6) is 1.82. The molecule has 3 aromatic carbocycles. The number of rotatable bonds is 6. The van der Waals surface area contributed by atoms with Crippen molar-refractivity contribution in [1.82, 2.24) is 9.88 Å². The van der Waals surface area contributed by atoms with Crippen molar-refractivity contribution < 1.29 is 23.1 Å². The average Bonchev–Trinajstić information content (AvgIpc) is 3.43. The normalized spacial score (nSPS) is 13.5. The lowest BCUT2D eigenvalue weighted by atomic mass is 10.1. The Hall–Kier alpha value is -4.33. The van der Waals surface area contributed by atoms with Crippen molar-refractivity contribution in [3.63, 3.8) is 0 Å². The van der Waals surface area contributed by atoms with Gasteiger partial charge in [0.25, 0.3) is 5.91 Å². The number of ether oxygens (including phenoxy) is 2. The molecule has 1 amide bonds. The van der Waals surface area contributed by atoms with Crippen LogP contribution in [-0.2, 0) is 0 Å². The van der Waals surface area contributed by atoms with Gasteiger partial charge in [-0.1, -0.05) is 12.1 Å². The number of methoxy groups -OCH3 is 2. The second-order valence-electron chi connectivity index (χ2n) is 8.40. The first-order valence-corrected chi connectivity index (χ1v) is 11.6. The van der Waals surface area contributed by atoms with Crippen LogP contribution in [0.25, 0.3) is 22.8 Å². The molecule has 36 heavy (non-hydrogen) atoms. The molecule has 5 rings (SSSR count). The molecule has 184 valence electrons. The molecular formula is C28H26FN3O4. The summed E-state index contributed by atoms with van der Waals surface area (Å²) in [6, 6.07) is 19.2. The van der Waals surface area contributed by atoms with Gasteiger partial charge in [0.05, 0.1) is 31.5 Å². The molecule has 4 aromatic rings. The van der Waals surface area contributed by atoms with E-state index in [1.807, 2.05) is 35.2 Å². The van der Waals surface area contributed by atoms with Crippen molar-refractivity contribution in [2.45, 2.75) is 0 Å².